The summed E-state index contributed by atoms with van der Waals surface area (Å²) in [6, 6.07) is 5.19. The van der Waals surface area contributed by atoms with Crippen molar-refractivity contribution in [3.8, 4) is 11.5 Å². The molecule has 0 saturated carbocycles. The second kappa shape index (κ2) is 10.9. The highest BCUT2D eigenvalue weighted by atomic mass is 35.5. The lowest BCUT2D eigenvalue weighted by Crippen LogP contribution is -2.48. The number of piperazine rings is 1. The highest BCUT2D eigenvalue weighted by Gasteiger charge is 2.22. The molecule has 0 unspecified atom stereocenters. The van der Waals surface area contributed by atoms with Crippen molar-refractivity contribution >= 4 is 24.3 Å². The van der Waals surface area contributed by atoms with Crippen LogP contribution in [0.1, 0.15) is 29.6 Å². The number of methoxy groups -OCH3 is 2. The van der Waals surface area contributed by atoms with Crippen molar-refractivity contribution in [2.75, 3.05) is 46.9 Å². The fourth-order valence-corrected chi connectivity index (χ4v) is 2.90. The molecule has 1 amide bonds. The van der Waals surface area contributed by atoms with Crippen LogP contribution < -0.4 is 9.47 Å². The average molecular weight is 387 g/mol. The van der Waals surface area contributed by atoms with E-state index in [1.807, 2.05) is 4.90 Å². The van der Waals surface area contributed by atoms with Crippen LogP contribution in [-0.2, 0) is 4.79 Å². The standard InChI is InChI=1S/C18H26N2O5.ClH/c1-24-15-11-14(12-16(13-15)25-2)18(23)20-9-7-19(8-10-20)6-4-3-5-17(21)22;/h11-13H,3-10H2,1-2H3,(H,21,22);1H. The molecule has 0 aliphatic carbocycles. The molecule has 1 aliphatic heterocycles. The van der Waals surface area contributed by atoms with Gasteiger partial charge in [-0.1, -0.05) is 0 Å². The van der Waals surface area contributed by atoms with Gasteiger partial charge in [-0.15, -0.1) is 12.4 Å². The highest BCUT2D eigenvalue weighted by molar-refractivity contribution is 5.95. The van der Waals surface area contributed by atoms with Crippen LogP contribution in [0, 0.1) is 0 Å². The van der Waals surface area contributed by atoms with E-state index in [0.29, 0.717) is 36.6 Å². The Hall–Kier alpha value is -1.99. The lowest BCUT2D eigenvalue weighted by atomic mass is 10.1. The Kier molecular flexibility index (Phi) is 9.23. The van der Waals surface area contributed by atoms with Crippen molar-refractivity contribution in [1.29, 1.82) is 0 Å². The summed E-state index contributed by atoms with van der Waals surface area (Å²) in [5.41, 5.74) is 0.561. The van der Waals surface area contributed by atoms with Crippen molar-refractivity contribution in [3.63, 3.8) is 0 Å². The Bertz CT molecular complexity index is 581. The number of hydrogen-bond donors (Lipinski definition) is 1. The van der Waals surface area contributed by atoms with E-state index in [1.54, 1.807) is 32.4 Å². The number of rotatable bonds is 8. The molecule has 0 bridgehead atoms. The van der Waals surface area contributed by atoms with Crippen LogP contribution >= 0.6 is 12.4 Å². The molecule has 0 radical (unpaired) electrons. The first-order valence-corrected chi connectivity index (χ1v) is 8.50. The molecule has 1 aromatic carbocycles. The number of hydrogen-bond acceptors (Lipinski definition) is 5. The summed E-state index contributed by atoms with van der Waals surface area (Å²) < 4.78 is 10.4. The smallest absolute Gasteiger partial charge is 0.303 e. The molecule has 1 heterocycles. The summed E-state index contributed by atoms with van der Waals surface area (Å²) >= 11 is 0. The third-order valence-corrected chi connectivity index (χ3v) is 4.37. The van der Waals surface area contributed by atoms with Crippen molar-refractivity contribution in [3.05, 3.63) is 23.8 Å². The Morgan fingerprint density at radius 2 is 1.58 bits per heavy atom. The maximum absolute atomic E-state index is 12.7. The number of nitrogens with zero attached hydrogens (tertiary/aromatic N) is 2. The van der Waals surface area contributed by atoms with Crippen LogP contribution in [0.2, 0.25) is 0 Å². The Morgan fingerprint density at radius 3 is 2.08 bits per heavy atom. The summed E-state index contributed by atoms with van der Waals surface area (Å²) in [6.45, 7) is 3.82. The van der Waals surface area contributed by atoms with Gasteiger partial charge in [-0.05, 0) is 31.5 Å². The van der Waals surface area contributed by atoms with Gasteiger partial charge >= 0.3 is 5.97 Å². The number of ether oxygens (including phenoxy) is 2. The number of benzene rings is 1. The predicted molar refractivity (Wildman–Crippen MR) is 101 cm³/mol. The van der Waals surface area contributed by atoms with Crippen molar-refractivity contribution in [1.82, 2.24) is 9.80 Å². The quantitative estimate of drug-likeness (QED) is 0.689. The summed E-state index contributed by atoms with van der Waals surface area (Å²) in [4.78, 5) is 27.3. The minimum absolute atomic E-state index is 0. The number of aliphatic carboxylic acids is 1. The zero-order valence-corrected chi connectivity index (χ0v) is 16.1. The van der Waals surface area contributed by atoms with Gasteiger partial charge in [0.1, 0.15) is 11.5 Å². The maximum atomic E-state index is 12.7. The minimum Gasteiger partial charge on any atom is -0.497 e. The number of carbonyl (C=O) groups is 2. The molecule has 7 nitrogen and oxygen atoms in total. The molecule has 8 heteroatoms. The van der Waals surface area contributed by atoms with Gasteiger partial charge in [0.25, 0.3) is 5.91 Å². The van der Waals surface area contributed by atoms with Crippen molar-refractivity contribution in [2.24, 2.45) is 0 Å². The molecule has 26 heavy (non-hydrogen) atoms. The van der Waals surface area contributed by atoms with Crippen LogP contribution in [0.3, 0.4) is 0 Å². The Balaban J connectivity index is 0.00000338. The molecule has 0 atom stereocenters. The van der Waals surface area contributed by atoms with Crippen LogP contribution in [0.15, 0.2) is 18.2 Å². The number of unbranched alkanes of at least 4 members (excludes halogenated alkanes) is 1. The number of carboxylic acids is 1. The molecule has 2 rings (SSSR count). The molecule has 1 saturated heterocycles. The fourth-order valence-electron chi connectivity index (χ4n) is 2.90. The first-order chi connectivity index (χ1) is 12.0. The fraction of sp³-hybridized carbons (Fsp3) is 0.556. The van der Waals surface area contributed by atoms with Gasteiger partial charge in [-0.2, -0.15) is 0 Å². The van der Waals surface area contributed by atoms with Gasteiger partial charge in [0.15, 0.2) is 0 Å². The molecule has 1 aliphatic rings. The molecular weight excluding hydrogens is 360 g/mol. The van der Waals surface area contributed by atoms with Crippen LogP contribution in [0.25, 0.3) is 0 Å². The predicted octanol–water partition coefficient (Wildman–Crippen LogP) is 2.14. The second-order valence-corrected chi connectivity index (χ2v) is 6.09. The Morgan fingerprint density at radius 1 is 1.00 bits per heavy atom. The summed E-state index contributed by atoms with van der Waals surface area (Å²) in [5, 5.41) is 8.65. The molecular formula is C18H27ClN2O5. The van der Waals surface area contributed by atoms with Gasteiger partial charge in [-0.3, -0.25) is 14.5 Å². The zero-order valence-electron chi connectivity index (χ0n) is 15.3. The average Bonchev–Trinajstić information content (AvgIpc) is 2.64. The molecule has 1 aromatic rings. The molecule has 0 spiro atoms. The number of carbonyl (C=O) groups excluding carboxylic acids is 1. The van der Waals surface area contributed by atoms with Crippen LogP contribution in [-0.4, -0.2) is 73.7 Å². The third kappa shape index (κ3) is 6.38. The van der Waals surface area contributed by atoms with Gasteiger partial charge in [0, 0.05) is 44.2 Å². The maximum Gasteiger partial charge on any atom is 0.303 e. The van der Waals surface area contributed by atoms with E-state index >= 15 is 0 Å². The molecule has 0 aromatic heterocycles. The van der Waals surface area contributed by atoms with E-state index in [-0.39, 0.29) is 24.7 Å². The Labute approximate surface area is 160 Å². The van der Waals surface area contributed by atoms with Crippen LogP contribution in [0.4, 0.5) is 0 Å². The monoisotopic (exact) mass is 386 g/mol. The highest BCUT2D eigenvalue weighted by Crippen LogP contribution is 2.23. The molecule has 146 valence electrons. The third-order valence-electron chi connectivity index (χ3n) is 4.37. The van der Waals surface area contributed by atoms with E-state index in [1.165, 1.54) is 0 Å². The largest absolute Gasteiger partial charge is 0.497 e. The minimum atomic E-state index is -0.746. The first-order valence-electron chi connectivity index (χ1n) is 8.50. The van der Waals surface area contributed by atoms with Gasteiger partial charge in [-0.25, -0.2) is 0 Å². The van der Waals surface area contributed by atoms with Crippen molar-refractivity contribution in [2.45, 2.75) is 19.3 Å². The number of carboxylic acid groups (broad SMARTS) is 1. The van der Waals surface area contributed by atoms with E-state index < -0.39 is 5.97 Å². The van der Waals surface area contributed by atoms with Gasteiger partial charge < -0.3 is 19.5 Å². The normalized spacial score (nSPS) is 14.5. The molecule has 1 N–H and O–H groups in total. The molecule has 1 fully saturated rings. The van der Waals surface area contributed by atoms with E-state index in [9.17, 15) is 9.59 Å². The lowest BCUT2D eigenvalue weighted by molar-refractivity contribution is -0.137. The zero-order chi connectivity index (χ0) is 18.2. The van der Waals surface area contributed by atoms with E-state index in [2.05, 4.69) is 4.90 Å². The van der Waals surface area contributed by atoms with E-state index in [0.717, 1.165) is 26.1 Å². The first kappa shape index (κ1) is 22.1. The van der Waals surface area contributed by atoms with E-state index in [4.69, 9.17) is 14.6 Å². The second-order valence-electron chi connectivity index (χ2n) is 6.09. The van der Waals surface area contributed by atoms with Crippen LogP contribution in [0.5, 0.6) is 11.5 Å². The van der Waals surface area contributed by atoms with Crippen molar-refractivity contribution < 1.29 is 24.2 Å². The number of amides is 1. The SMILES string of the molecule is COc1cc(OC)cc(C(=O)N2CCN(CCCCC(=O)O)CC2)c1.Cl. The topological polar surface area (TPSA) is 79.3 Å². The van der Waals surface area contributed by atoms with Gasteiger partial charge in [0.05, 0.1) is 14.2 Å². The number of halogens is 1. The lowest BCUT2D eigenvalue weighted by Gasteiger charge is -2.34. The summed E-state index contributed by atoms with van der Waals surface area (Å²) in [6.07, 6.45) is 1.78. The summed E-state index contributed by atoms with van der Waals surface area (Å²) in [5.74, 6) is 0.423. The summed E-state index contributed by atoms with van der Waals surface area (Å²) in [7, 11) is 3.12. The van der Waals surface area contributed by atoms with Gasteiger partial charge in [0.2, 0.25) is 0 Å².